The number of nitrogen functional groups attached to an aromatic ring is 1. The first-order chi connectivity index (χ1) is 10.1. The van der Waals surface area contributed by atoms with E-state index in [1.165, 1.54) is 11.3 Å². The van der Waals surface area contributed by atoms with E-state index in [0.29, 0.717) is 22.5 Å². The van der Waals surface area contributed by atoms with Crippen LogP contribution in [0.2, 0.25) is 0 Å². The highest BCUT2D eigenvalue weighted by molar-refractivity contribution is 7.21. The molecule has 0 bridgehead atoms. The van der Waals surface area contributed by atoms with E-state index in [0.717, 1.165) is 4.70 Å². The number of anilines is 1. The number of nitrogens with two attached hydrogens (primary N) is 1. The molecule has 108 valence electrons. The molecule has 0 radical (unpaired) electrons. The fourth-order valence-electron chi connectivity index (χ4n) is 2.17. The fourth-order valence-corrected chi connectivity index (χ4v) is 3.16. The Hall–Kier alpha value is -2.48. The van der Waals surface area contributed by atoms with Gasteiger partial charge in [-0.15, -0.1) is 11.3 Å². The van der Waals surface area contributed by atoms with E-state index < -0.39 is 17.9 Å². The van der Waals surface area contributed by atoms with Gasteiger partial charge in [0, 0.05) is 12.6 Å². The number of carbonyl (C=O) groups excluding carboxylic acids is 3. The lowest BCUT2D eigenvalue weighted by Crippen LogP contribution is -2.52. The molecule has 0 aliphatic carbocycles. The van der Waals surface area contributed by atoms with Gasteiger partial charge in [0.15, 0.2) is 0 Å². The molecule has 1 aliphatic rings. The van der Waals surface area contributed by atoms with Crippen LogP contribution in [0.1, 0.15) is 22.5 Å². The third kappa shape index (κ3) is 2.45. The van der Waals surface area contributed by atoms with Crippen molar-refractivity contribution in [2.75, 3.05) is 5.73 Å². The van der Waals surface area contributed by atoms with Gasteiger partial charge in [-0.3, -0.25) is 24.7 Å². The molecule has 1 atom stereocenters. The van der Waals surface area contributed by atoms with E-state index in [1.807, 2.05) is 6.07 Å². The number of carbonyl (C=O) groups is 3. The zero-order valence-corrected chi connectivity index (χ0v) is 11.7. The highest BCUT2D eigenvalue weighted by Crippen LogP contribution is 2.31. The summed E-state index contributed by atoms with van der Waals surface area (Å²) in [7, 11) is 0. The fraction of sp³-hybridized carbons (Fsp3) is 0.231. The summed E-state index contributed by atoms with van der Waals surface area (Å²) in [5, 5.41) is 4.80. The second kappa shape index (κ2) is 5.13. The Kier molecular flexibility index (Phi) is 3.30. The number of amides is 3. The van der Waals surface area contributed by atoms with E-state index in [4.69, 9.17) is 5.73 Å². The van der Waals surface area contributed by atoms with Crippen molar-refractivity contribution in [1.29, 1.82) is 0 Å². The van der Waals surface area contributed by atoms with Gasteiger partial charge in [0.25, 0.3) is 5.91 Å². The minimum Gasteiger partial charge on any atom is -0.396 e. The number of hydrogen-bond donors (Lipinski definition) is 3. The highest BCUT2D eigenvalue weighted by Gasteiger charge is 2.29. The molecule has 3 amide bonds. The number of rotatable bonds is 2. The normalized spacial score (nSPS) is 18.6. The lowest BCUT2D eigenvalue weighted by molar-refractivity contribution is -0.134. The zero-order valence-electron chi connectivity index (χ0n) is 10.9. The summed E-state index contributed by atoms with van der Waals surface area (Å²) in [6, 6.07) is 2.87. The molecule has 0 aromatic carbocycles. The average Bonchev–Trinajstić information content (AvgIpc) is 2.80. The molecule has 7 nitrogen and oxygen atoms in total. The minimum atomic E-state index is -0.715. The predicted molar refractivity (Wildman–Crippen MR) is 77.7 cm³/mol. The standard InChI is InChI=1S/C13H12N4O3S/c14-9-10-7(2-1-5-15-10)21-11(9)13(20)16-6-3-4-8(18)17-12(6)19/h1-2,5-6H,3-4,14H2,(H,16,20)(H,17,18,19). The number of aromatic nitrogens is 1. The Balaban J connectivity index is 1.82. The van der Waals surface area contributed by atoms with Crippen molar-refractivity contribution >= 4 is 45.0 Å². The van der Waals surface area contributed by atoms with Gasteiger partial charge < -0.3 is 11.1 Å². The molecule has 0 saturated carbocycles. The molecule has 1 saturated heterocycles. The smallest absolute Gasteiger partial charge is 0.264 e. The van der Waals surface area contributed by atoms with Crippen LogP contribution in [-0.2, 0) is 9.59 Å². The van der Waals surface area contributed by atoms with E-state index in [-0.39, 0.29) is 12.3 Å². The molecule has 1 aliphatic heterocycles. The first kappa shape index (κ1) is 13.5. The van der Waals surface area contributed by atoms with Gasteiger partial charge in [-0.1, -0.05) is 0 Å². The summed E-state index contributed by atoms with van der Waals surface area (Å²) in [5.74, 6) is -1.24. The lowest BCUT2D eigenvalue weighted by atomic mass is 10.1. The number of fused-ring (bicyclic) bond motifs is 1. The van der Waals surface area contributed by atoms with Gasteiger partial charge in [-0.25, -0.2) is 0 Å². The van der Waals surface area contributed by atoms with Gasteiger partial charge in [0.2, 0.25) is 11.8 Å². The number of pyridine rings is 1. The first-order valence-corrected chi connectivity index (χ1v) is 7.15. The van der Waals surface area contributed by atoms with E-state index in [2.05, 4.69) is 15.6 Å². The summed E-state index contributed by atoms with van der Waals surface area (Å²) in [4.78, 5) is 39.4. The molecular weight excluding hydrogens is 292 g/mol. The Morgan fingerprint density at radius 1 is 1.48 bits per heavy atom. The maximum atomic E-state index is 12.3. The number of imide groups is 1. The summed E-state index contributed by atoms with van der Waals surface area (Å²) in [6.45, 7) is 0. The van der Waals surface area contributed by atoms with E-state index in [1.54, 1.807) is 12.3 Å². The summed E-state index contributed by atoms with van der Waals surface area (Å²) < 4.78 is 0.809. The molecule has 4 N–H and O–H groups in total. The van der Waals surface area contributed by atoms with Crippen molar-refractivity contribution < 1.29 is 14.4 Å². The third-order valence-electron chi connectivity index (χ3n) is 3.23. The number of nitrogens with one attached hydrogen (secondary N) is 2. The highest BCUT2D eigenvalue weighted by atomic mass is 32.1. The quantitative estimate of drug-likeness (QED) is 0.695. The van der Waals surface area contributed by atoms with Crippen molar-refractivity contribution in [1.82, 2.24) is 15.6 Å². The van der Waals surface area contributed by atoms with Gasteiger partial charge in [-0.2, -0.15) is 0 Å². The average molecular weight is 304 g/mol. The summed E-state index contributed by atoms with van der Waals surface area (Å²) in [5.41, 5.74) is 6.82. The maximum Gasteiger partial charge on any atom is 0.264 e. The molecule has 8 heteroatoms. The maximum absolute atomic E-state index is 12.3. The molecule has 0 spiro atoms. The summed E-state index contributed by atoms with van der Waals surface area (Å²) in [6.07, 6.45) is 2.10. The van der Waals surface area contributed by atoms with Gasteiger partial charge in [-0.05, 0) is 18.6 Å². The molecular formula is C13H12N4O3S. The molecule has 1 unspecified atom stereocenters. The minimum absolute atomic E-state index is 0.208. The van der Waals surface area contributed by atoms with Crippen molar-refractivity contribution in [3.63, 3.8) is 0 Å². The second-order valence-corrected chi connectivity index (χ2v) is 5.72. The second-order valence-electron chi connectivity index (χ2n) is 4.67. The van der Waals surface area contributed by atoms with E-state index in [9.17, 15) is 14.4 Å². The van der Waals surface area contributed by atoms with Crippen LogP contribution in [0.15, 0.2) is 18.3 Å². The Bertz CT molecular complexity index is 755. The van der Waals surface area contributed by atoms with Crippen molar-refractivity contribution in [2.24, 2.45) is 0 Å². The van der Waals surface area contributed by atoms with Gasteiger partial charge in [0.05, 0.1) is 10.4 Å². The molecule has 2 aromatic heterocycles. The Labute approximate surface area is 123 Å². The van der Waals surface area contributed by atoms with Crippen LogP contribution < -0.4 is 16.4 Å². The number of nitrogens with zero attached hydrogens (tertiary/aromatic N) is 1. The van der Waals surface area contributed by atoms with Crippen molar-refractivity contribution in [2.45, 2.75) is 18.9 Å². The number of piperidine rings is 1. The molecule has 2 aromatic rings. The third-order valence-corrected chi connectivity index (χ3v) is 4.39. The lowest BCUT2D eigenvalue weighted by Gasteiger charge is -2.21. The van der Waals surface area contributed by atoms with Crippen LogP contribution in [0.25, 0.3) is 10.2 Å². The Morgan fingerprint density at radius 3 is 3.00 bits per heavy atom. The SMILES string of the molecule is Nc1c(C(=O)NC2CCC(=O)NC2=O)sc2cccnc12. The van der Waals surface area contributed by atoms with Crippen LogP contribution in [0, 0.1) is 0 Å². The van der Waals surface area contributed by atoms with E-state index >= 15 is 0 Å². The predicted octanol–water partition coefficient (Wildman–Crippen LogP) is 0.413. The van der Waals surface area contributed by atoms with Gasteiger partial charge in [0.1, 0.15) is 16.4 Å². The topological polar surface area (TPSA) is 114 Å². The van der Waals surface area contributed by atoms with Crippen molar-refractivity contribution in [3.05, 3.63) is 23.2 Å². The summed E-state index contributed by atoms with van der Waals surface area (Å²) >= 11 is 1.22. The molecule has 3 rings (SSSR count). The molecule has 21 heavy (non-hydrogen) atoms. The molecule has 1 fully saturated rings. The van der Waals surface area contributed by atoms with Gasteiger partial charge >= 0.3 is 0 Å². The number of hydrogen-bond acceptors (Lipinski definition) is 6. The van der Waals surface area contributed by atoms with Crippen LogP contribution in [0.5, 0.6) is 0 Å². The zero-order chi connectivity index (χ0) is 15.0. The first-order valence-electron chi connectivity index (χ1n) is 6.34. The molecule has 3 heterocycles. The van der Waals surface area contributed by atoms with Crippen LogP contribution in [-0.4, -0.2) is 28.7 Å². The van der Waals surface area contributed by atoms with Crippen molar-refractivity contribution in [3.8, 4) is 0 Å². The van der Waals surface area contributed by atoms with Crippen LogP contribution in [0.4, 0.5) is 5.69 Å². The van der Waals surface area contributed by atoms with Crippen LogP contribution in [0.3, 0.4) is 0 Å². The largest absolute Gasteiger partial charge is 0.396 e. The van der Waals surface area contributed by atoms with Crippen LogP contribution >= 0.6 is 11.3 Å². The monoisotopic (exact) mass is 304 g/mol. The Morgan fingerprint density at radius 2 is 2.29 bits per heavy atom. The number of thiophene rings is 1.